The van der Waals surface area contributed by atoms with Gasteiger partial charge < -0.3 is 4.43 Å². The Kier molecular flexibility index (Phi) is 12.1. The molecule has 0 amide bonds. The van der Waals surface area contributed by atoms with Gasteiger partial charge in [-0.1, -0.05) is 44.9 Å². The molecule has 0 bridgehead atoms. The van der Waals surface area contributed by atoms with Gasteiger partial charge in [0, 0.05) is 12.9 Å². The summed E-state index contributed by atoms with van der Waals surface area (Å²) in [5.74, 6) is 1.01. The lowest BCUT2D eigenvalue weighted by Gasteiger charge is -2.19. The summed E-state index contributed by atoms with van der Waals surface area (Å²) in [7, 11) is 0.558. The fourth-order valence-electron chi connectivity index (χ4n) is 1.93. The number of hydrogen-bond acceptors (Lipinski definition) is 3. The van der Waals surface area contributed by atoms with Crippen LogP contribution in [0.15, 0.2) is 0 Å². The van der Waals surface area contributed by atoms with Gasteiger partial charge in [0.2, 0.25) is 0 Å². The van der Waals surface area contributed by atoms with Crippen molar-refractivity contribution in [3.05, 3.63) is 0 Å². The molecule has 0 aromatic rings. The molecular formula is C14H29NOSSi. The van der Waals surface area contributed by atoms with Crippen LogP contribution in [-0.2, 0) is 4.43 Å². The maximum Gasteiger partial charge on any atom is 0.186 e. The highest BCUT2D eigenvalue weighted by molar-refractivity contribution is 8.03. The molecular weight excluding hydrogens is 258 g/mol. The number of nitriles is 1. The Bertz CT molecular complexity index is 228. The van der Waals surface area contributed by atoms with Crippen LogP contribution >= 0.6 is 11.8 Å². The van der Waals surface area contributed by atoms with Crippen LogP contribution in [0.5, 0.6) is 0 Å². The van der Waals surface area contributed by atoms with Crippen LogP contribution in [0.4, 0.5) is 0 Å². The van der Waals surface area contributed by atoms with E-state index in [1.807, 2.05) is 7.11 Å². The zero-order valence-electron chi connectivity index (χ0n) is 12.3. The molecule has 0 aromatic carbocycles. The summed E-state index contributed by atoms with van der Waals surface area (Å²) in [6.07, 6.45) is 10.6. The third-order valence-electron chi connectivity index (χ3n) is 3.39. The van der Waals surface area contributed by atoms with Gasteiger partial charge in [-0.15, -0.1) is 0 Å². The first-order valence-electron chi connectivity index (χ1n) is 7.18. The summed E-state index contributed by atoms with van der Waals surface area (Å²) >= 11 is 1.38. The highest BCUT2D eigenvalue weighted by Gasteiger charge is 2.18. The SMILES string of the molecule is CO[Si](C)(C)CCCCCCCCCCSC#N. The van der Waals surface area contributed by atoms with Gasteiger partial charge in [0.1, 0.15) is 5.40 Å². The lowest BCUT2D eigenvalue weighted by molar-refractivity contribution is 0.400. The standard InChI is InChI=1S/C14H29NOSSi/c1-16-18(2,3)13-11-9-7-5-4-6-8-10-12-17-14-15/h4-13H2,1-3H3. The van der Waals surface area contributed by atoms with E-state index >= 15 is 0 Å². The molecule has 0 saturated heterocycles. The normalized spacial score (nSPS) is 11.4. The van der Waals surface area contributed by atoms with Gasteiger partial charge in [0.05, 0.1) is 0 Å². The predicted octanol–water partition coefficient (Wildman–Crippen LogP) is 5.17. The van der Waals surface area contributed by atoms with Crippen LogP contribution in [0.2, 0.25) is 19.1 Å². The molecule has 0 aliphatic carbocycles. The second kappa shape index (κ2) is 12.1. The minimum absolute atomic E-state index is 1.01. The molecule has 0 aliphatic rings. The highest BCUT2D eigenvalue weighted by Crippen LogP contribution is 2.16. The van der Waals surface area contributed by atoms with Crippen molar-refractivity contribution < 1.29 is 4.43 Å². The zero-order chi connectivity index (χ0) is 13.7. The maximum absolute atomic E-state index is 8.37. The van der Waals surface area contributed by atoms with Gasteiger partial charge in [-0.25, -0.2) is 0 Å². The van der Waals surface area contributed by atoms with Gasteiger partial charge in [-0.05, 0) is 37.3 Å². The molecule has 2 nitrogen and oxygen atoms in total. The van der Waals surface area contributed by atoms with Gasteiger partial charge in [0.15, 0.2) is 8.32 Å². The summed E-state index contributed by atoms with van der Waals surface area (Å²) in [5, 5.41) is 10.5. The molecule has 0 rings (SSSR count). The van der Waals surface area contributed by atoms with E-state index < -0.39 is 8.32 Å². The number of thioether (sulfide) groups is 1. The number of nitrogens with zero attached hydrogens (tertiary/aromatic N) is 1. The van der Waals surface area contributed by atoms with Gasteiger partial charge in [-0.2, -0.15) is 5.26 Å². The van der Waals surface area contributed by atoms with E-state index in [9.17, 15) is 0 Å². The first-order valence-corrected chi connectivity index (χ1v) is 11.3. The van der Waals surface area contributed by atoms with Gasteiger partial charge in [-0.3, -0.25) is 0 Å². The summed E-state index contributed by atoms with van der Waals surface area (Å²) in [6.45, 7) is 4.60. The Morgan fingerprint density at radius 3 is 1.94 bits per heavy atom. The molecule has 0 radical (unpaired) electrons. The van der Waals surface area contributed by atoms with E-state index in [0.717, 1.165) is 5.75 Å². The van der Waals surface area contributed by atoms with E-state index in [1.54, 1.807) is 0 Å². The van der Waals surface area contributed by atoms with Crippen LogP contribution in [0.25, 0.3) is 0 Å². The second-order valence-corrected chi connectivity index (χ2v) is 10.8. The molecule has 0 fully saturated rings. The lowest BCUT2D eigenvalue weighted by Crippen LogP contribution is -2.27. The molecule has 0 atom stereocenters. The van der Waals surface area contributed by atoms with Crippen molar-refractivity contribution >= 4 is 20.1 Å². The van der Waals surface area contributed by atoms with Crippen LogP contribution in [0, 0.1) is 10.7 Å². The van der Waals surface area contributed by atoms with Crippen LogP contribution in [0.1, 0.15) is 51.4 Å². The maximum atomic E-state index is 8.37. The van der Waals surface area contributed by atoms with Crippen LogP contribution < -0.4 is 0 Å². The smallest absolute Gasteiger partial charge is 0.186 e. The first kappa shape index (κ1) is 18.0. The van der Waals surface area contributed by atoms with Crippen LogP contribution in [0.3, 0.4) is 0 Å². The predicted molar refractivity (Wildman–Crippen MR) is 84.3 cm³/mol. The number of rotatable bonds is 12. The van der Waals surface area contributed by atoms with E-state index in [-0.39, 0.29) is 0 Å². The fraction of sp³-hybridized carbons (Fsp3) is 0.929. The van der Waals surface area contributed by atoms with Crippen LogP contribution in [-0.4, -0.2) is 21.2 Å². The van der Waals surface area contributed by atoms with E-state index in [2.05, 4.69) is 18.5 Å². The Labute approximate surface area is 119 Å². The summed E-state index contributed by atoms with van der Waals surface area (Å²) in [4.78, 5) is 0. The Hall–Kier alpha value is 0.0169. The second-order valence-electron chi connectivity index (χ2n) is 5.48. The third-order valence-corrected chi connectivity index (χ3v) is 6.68. The quantitative estimate of drug-likeness (QED) is 0.282. The monoisotopic (exact) mass is 287 g/mol. The van der Waals surface area contributed by atoms with Crippen molar-refractivity contribution in [2.75, 3.05) is 12.9 Å². The molecule has 0 N–H and O–H groups in total. The number of hydrogen-bond donors (Lipinski definition) is 0. The van der Waals surface area contributed by atoms with E-state index in [0.29, 0.717) is 0 Å². The Morgan fingerprint density at radius 1 is 0.944 bits per heavy atom. The van der Waals surface area contributed by atoms with Gasteiger partial charge in [0.25, 0.3) is 0 Å². The molecule has 4 heteroatoms. The van der Waals surface area contributed by atoms with Crippen molar-refractivity contribution in [2.45, 2.75) is 70.5 Å². The van der Waals surface area contributed by atoms with Gasteiger partial charge >= 0.3 is 0 Å². The van der Waals surface area contributed by atoms with Crippen molar-refractivity contribution in [3.8, 4) is 5.40 Å². The summed E-state index contributed by atoms with van der Waals surface area (Å²) in [5.41, 5.74) is 0. The number of thiocyanates is 1. The summed E-state index contributed by atoms with van der Waals surface area (Å²) < 4.78 is 5.54. The largest absolute Gasteiger partial charge is 0.420 e. The zero-order valence-corrected chi connectivity index (χ0v) is 14.2. The molecule has 0 aliphatic heterocycles. The third kappa shape index (κ3) is 12.5. The molecule has 0 unspecified atom stereocenters. The average molecular weight is 288 g/mol. The fourth-order valence-corrected chi connectivity index (χ4v) is 3.68. The van der Waals surface area contributed by atoms with Crippen molar-refractivity contribution in [2.24, 2.45) is 0 Å². The molecule has 18 heavy (non-hydrogen) atoms. The van der Waals surface area contributed by atoms with Crippen molar-refractivity contribution in [3.63, 3.8) is 0 Å². The number of unbranched alkanes of at least 4 members (excludes halogenated alkanes) is 7. The summed E-state index contributed by atoms with van der Waals surface area (Å²) in [6, 6.07) is 1.30. The highest BCUT2D eigenvalue weighted by atomic mass is 32.2. The average Bonchev–Trinajstić information content (AvgIpc) is 2.36. The lowest BCUT2D eigenvalue weighted by atomic mass is 10.1. The van der Waals surface area contributed by atoms with E-state index in [4.69, 9.17) is 9.69 Å². The Balaban J connectivity index is 3.10. The minimum atomic E-state index is -1.30. The van der Waals surface area contributed by atoms with E-state index in [1.165, 1.54) is 69.2 Å². The Morgan fingerprint density at radius 2 is 1.44 bits per heavy atom. The topological polar surface area (TPSA) is 33.0 Å². The molecule has 0 saturated carbocycles. The molecule has 0 aromatic heterocycles. The first-order chi connectivity index (χ1) is 8.62. The molecule has 0 heterocycles. The molecule has 0 spiro atoms. The molecule has 106 valence electrons. The van der Waals surface area contributed by atoms with Crippen molar-refractivity contribution in [1.29, 1.82) is 5.26 Å². The minimum Gasteiger partial charge on any atom is -0.420 e. The van der Waals surface area contributed by atoms with Crippen molar-refractivity contribution in [1.82, 2.24) is 0 Å².